The maximum absolute atomic E-state index is 12.4. The second-order valence-electron chi connectivity index (χ2n) is 5.27. The Labute approximate surface area is 119 Å². The molecular formula is C17H19NO2. The summed E-state index contributed by atoms with van der Waals surface area (Å²) in [5.41, 5.74) is 2.97. The molecule has 20 heavy (non-hydrogen) atoms. The summed E-state index contributed by atoms with van der Waals surface area (Å²) < 4.78 is 0. The Morgan fingerprint density at radius 3 is 2.10 bits per heavy atom. The van der Waals surface area contributed by atoms with Gasteiger partial charge in [-0.15, -0.1) is 0 Å². The molecule has 0 amide bonds. The minimum Gasteiger partial charge on any atom is -0.629 e. The Bertz CT molecular complexity index is 595. The Balaban J connectivity index is 0.00000147. The molecule has 3 rings (SSSR count). The Morgan fingerprint density at radius 2 is 1.50 bits per heavy atom. The summed E-state index contributed by atoms with van der Waals surface area (Å²) in [4.78, 5) is 0. The molecule has 3 nitrogen and oxygen atoms in total. The molecule has 0 aromatic heterocycles. The molecule has 1 aliphatic heterocycles. The van der Waals surface area contributed by atoms with E-state index in [0.717, 1.165) is 23.1 Å². The predicted octanol–water partition coefficient (Wildman–Crippen LogP) is 1.90. The van der Waals surface area contributed by atoms with E-state index in [1.807, 2.05) is 61.7 Å². The normalized spacial score (nSPS) is 24.9. The van der Waals surface area contributed by atoms with Crippen molar-refractivity contribution < 1.29 is 10.5 Å². The monoisotopic (exact) mass is 269 g/mol. The molecule has 3 heteroatoms. The lowest BCUT2D eigenvalue weighted by Gasteiger charge is -2.34. The maximum atomic E-state index is 12.4. The molecule has 0 spiro atoms. The van der Waals surface area contributed by atoms with Crippen LogP contribution in [0.15, 0.2) is 66.9 Å². The number of nitrogens with one attached hydrogen (secondary N) is 1. The van der Waals surface area contributed by atoms with Crippen LogP contribution in [0.4, 0.5) is 0 Å². The van der Waals surface area contributed by atoms with Crippen LogP contribution in [0.5, 0.6) is 0 Å². The molecule has 2 atom stereocenters. The van der Waals surface area contributed by atoms with E-state index in [0.29, 0.717) is 0 Å². The lowest BCUT2D eigenvalue weighted by Crippen LogP contribution is -3.08. The molecule has 0 fully saturated rings. The number of quaternary nitrogens is 1. The van der Waals surface area contributed by atoms with E-state index in [-0.39, 0.29) is 10.5 Å². The van der Waals surface area contributed by atoms with Crippen molar-refractivity contribution in [3.05, 3.63) is 83.2 Å². The van der Waals surface area contributed by atoms with Crippen LogP contribution in [0.2, 0.25) is 0 Å². The first-order valence-corrected chi connectivity index (χ1v) is 6.56. The zero-order chi connectivity index (χ0) is 13.3. The number of hydrogen-bond donors (Lipinski definition) is 1. The molecule has 2 unspecified atom stereocenters. The molecule has 0 bridgehead atoms. The summed E-state index contributed by atoms with van der Waals surface area (Å²) >= 11 is 0. The highest BCUT2D eigenvalue weighted by atomic mass is 16.5. The molecule has 104 valence electrons. The van der Waals surface area contributed by atoms with Crippen LogP contribution in [0.1, 0.15) is 24.5 Å². The minimum atomic E-state index is -0.410. The van der Waals surface area contributed by atoms with Gasteiger partial charge in [0, 0.05) is 17.6 Å². The maximum Gasteiger partial charge on any atom is 0.129 e. The van der Waals surface area contributed by atoms with Crippen LogP contribution in [0.25, 0.3) is 5.57 Å². The van der Waals surface area contributed by atoms with Gasteiger partial charge < -0.3 is 15.7 Å². The van der Waals surface area contributed by atoms with Crippen LogP contribution in [-0.2, 0) is 5.54 Å². The van der Waals surface area contributed by atoms with Crippen molar-refractivity contribution >= 4 is 5.57 Å². The van der Waals surface area contributed by atoms with Gasteiger partial charge in [-0.25, -0.2) is 0 Å². The van der Waals surface area contributed by atoms with Crippen LogP contribution >= 0.6 is 0 Å². The first kappa shape index (κ1) is 14.5. The van der Waals surface area contributed by atoms with Crippen molar-refractivity contribution in [2.45, 2.75) is 18.9 Å². The molecular weight excluding hydrogens is 250 g/mol. The number of rotatable bonds is 2. The van der Waals surface area contributed by atoms with E-state index in [2.05, 4.69) is 12.1 Å². The smallest absolute Gasteiger partial charge is 0.129 e. The van der Waals surface area contributed by atoms with Gasteiger partial charge in [0.2, 0.25) is 0 Å². The Hall–Kier alpha value is -1.94. The van der Waals surface area contributed by atoms with Gasteiger partial charge in [-0.2, -0.15) is 0 Å². The Kier molecular flexibility index (Phi) is 4.04. The molecule has 0 aliphatic carbocycles. The fourth-order valence-electron chi connectivity index (χ4n) is 2.72. The second kappa shape index (κ2) is 5.59. The van der Waals surface area contributed by atoms with Crippen molar-refractivity contribution in [3.8, 4) is 0 Å². The van der Waals surface area contributed by atoms with E-state index in [4.69, 9.17) is 0 Å². The number of benzene rings is 2. The van der Waals surface area contributed by atoms with Gasteiger partial charge in [0.25, 0.3) is 0 Å². The third-order valence-corrected chi connectivity index (χ3v) is 3.95. The highest BCUT2D eigenvalue weighted by molar-refractivity contribution is 5.67. The van der Waals surface area contributed by atoms with Crippen molar-refractivity contribution in [2.24, 2.45) is 0 Å². The van der Waals surface area contributed by atoms with Gasteiger partial charge in [0.05, 0.1) is 6.20 Å². The van der Waals surface area contributed by atoms with Gasteiger partial charge in [-0.05, 0) is 12.5 Å². The van der Waals surface area contributed by atoms with Crippen molar-refractivity contribution in [1.82, 2.24) is 0 Å². The average molecular weight is 269 g/mol. The quantitative estimate of drug-likeness (QED) is 0.832. The fourth-order valence-corrected chi connectivity index (χ4v) is 2.72. The summed E-state index contributed by atoms with van der Waals surface area (Å²) in [6, 6.07) is 20.2. The summed E-state index contributed by atoms with van der Waals surface area (Å²) in [7, 11) is 0. The van der Waals surface area contributed by atoms with E-state index >= 15 is 0 Å². The first-order valence-electron chi connectivity index (χ1n) is 6.56. The molecule has 0 saturated heterocycles. The van der Waals surface area contributed by atoms with Gasteiger partial charge in [0.1, 0.15) is 5.54 Å². The molecule has 0 radical (unpaired) electrons. The average Bonchev–Trinajstić information content (AvgIpc) is 2.78. The summed E-state index contributed by atoms with van der Waals surface area (Å²) in [5.74, 6) is 0. The predicted molar refractivity (Wildman–Crippen MR) is 80.8 cm³/mol. The van der Waals surface area contributed by atoms with Crippen LogP contribution < -0.4 is 5.06 Å². The third-order valence-electron chi connectivity index (χ3n) is 3.95. The van der Waals surface area contributed by atoms with Gasteiger partial charge >= 0.3 is 0 Å². The summed E-state index contributed by atoms with van der Waals surface area (Å²) in [6.07, 6.45) is 2.59. The molecule has 1 heterocycles. The summed E-state index contributed by atoms with van der Waals surface area (Å²) in [5, 5.41) is 12.6. The molecule has 3 N–H and O–H groups in total. The molecule has 0 saturated carbocycles. The molecule has 2 aromatic carbocycles. The zero-order valence-electron chi connectivity index (χ0n) is 11.5. The lowest BCUT2D eigenvalue weighted by atomic mass is 9.86. The molecule has 2 aromatic rings. The van der Waals surface area contributed by atoms with Crippen LogP contribution in [-0.4, -0.2) is 5.48 Å². The number of hydrogen-bond acceptors (Lipinski definition) is 1. The van der Waals surface area contributed by atoms with E-state index < -0.39 is 5.54 Å². The highest BCUT2D eigenvalue weighted by Crippen LogP contribution is 2.33. The van der Waals surface area contributed by atoms with Crippen molar-refractivity contribution in [1.29, 1.82) is 0 Å². The van der Waals surface area contributed by atoms with Crippen LogP contribution in [0, 0.1) is 5.21 Å². The second-order valence-corrected chi connectivity index (χ2v) is 5.27. The lowest BCUT2D eigenvalue weighted by molar-refractivity contribution is -0.853. The minimum absolute atomic E-state index is 0. The zero-order valence-corrected chi connectivity index (χ0v) is 11.5. The Morgan fingerprint density at radius 1 is 0.950 bits per heavy atom. The largest absolute Gasteiger partial charge is 0.629 e. The van der Waals surface area contributed by atoms with Gasteiger partial charge in [-0.1, -0.05) is 60.7 Å². The van der Waals surface area contributed by atoms with Crippen molar-refractivity contribution in [3.63, 3.8) is 0 Å². The fraction of sp³-hybridized carbons (Fsp3) is 0.176. The van der Waals surface area contributed by atoms with E-state index in [1.165, 1.54) is 0 Å². The SMILES string of the molecule is CC1(c2ccccc2)CC(c2ccccc2)=C[NH+]1[O-].O. The summed E-state index contributed by atoms with van der Waals surface area (Å²) in [6.45, 7) is 2.04. The topological polar surface area (TPSA) is 59.0 Å². The van der Waals surface area contributed by atoms with Gasteiger partial charge in [-0.3, -0.25) is 0 Å². The van der Waals surface area contributed by atoms with Gasteiger partial charge in [0.15, 0.2) is 0 Å². The highest BCUT2D eigenvalue weighted by Gasteiger charge is 2.39. The van der Waals surface area contributed by atoms with E-state index in [1.54, 1.807) is 0 Å². The van der Waals surface area contributed by atoms with E-state index in [9.17, 15) is 5.21 Å². The third kappa shape index (κ3) is 2.39. The van der Waals surface area contributed by atoms with Crippen LogP contribution in [0.3, 0.4) is 0 Å². The van der Waals surface area contributed by atoms with Crippen molar-refractivity contribution in [2.75, 3.05) is 0 Å². The standard InChI is InChI=1S/C17H17NO.H2O/c1-17(16-10-6-3-7-11-16)12-15(13-18(17)19)14-8-4-2-5-9-14;/h2-11,13,18H,12H2,1H3;1H2. The molecule has 1 aliphatic rings. The first-order chi connectivity index (χ1) is 9.20. The number of hydroxylamine groups is 2.